The van der Waals surface area contributed by atoms with Gasteiger partial charge in [0.2, 0.25) is 0 Å². The molecule has 2 aromatic heterocycles. The minimum atomic E-state index is -0.610. The highest BCUT2D eigenvalue weighted by molar-refractivity contribution is 9.10. The van der Waals surface area contributed by atoms with Crippen molar-refractivity contribution in [3.8, 4) is 5.75 Å². The Morgan fingerprint density at radius 1 is 1.16 bits per heavy atom. The van der Waals surface area contributed by atoms with Gasteiger partial charge < -0.3 is 14.5 Å². The molecule has 0 saturated heterocycles. The third-order valence-electron chi connectivity index (χ3n) is 3.85. The van der Waals surface area contributed by atoms with Crippen molar-refractivity contribution >= 4 is 46.0 Å². The van der Waals surface area contributed by atoms with Crippen LogP contribution >= 0.6 is 15.9 Å². The Bertz CT molecular complexity index is 1140. The number of benzene rings is 1. The number of aromatic nitrogens is 1. The Hall–Kier alpha value is -4.05. The van der Waals surface area contributed by atoms with E-state index >= 15 is 0 Å². The molecule has 2 amide bonds. The maximum absolute atomic E-state index is 12.1. The number of carbonyl (C=O) groups is 3. The van der Waals surface area contributed by atoms with Crippen molar-refractivity contribution in [3.05, 3.63) is 88.6 Å². The van der Waals surface area contributed by atoms with E-state index in [1.54, 1.807) is 30.3 Å². The smallest absolute Gasteiger partial charge is 0.336 e. The van der Waals surface area contributed by atoms with Gasteiger partial charge in [-0.05, 0) is 48.5 Å². The van der Waals surface area contributed by atoms with E-state index in [0.717, 1.165) is 4.47 Å². The Kier molecular flexibility index (Phi) is 8.04. The number of esters is 1. The van der Waals surface area contributed by atoms with Crippen LogP contribution in [0.2, 0.25) is 0 Å². The summed E-state index contributed by atoms with van der Waals surface area (Å²) >= 11 is 3.34. The molecular formula is C22H17BrN4O5. The third-order valence-corrected chi connectivity index (χ3v) is 4.35. The van der Waals surface area contributed by atoms with E-state index in [4.69, 9.17) is 9.15 Å². The average Bonchev–Trinajstić information content (AvgIpc) is 3.32. The van der Waals surface area contributed by atoms with Gasteiger partial charge in [0.1, 0.15) is 11.5 Å². The highest BCUT2D eigenvalue weighted by atomic mass is 79.9. The Balaban J connectivity index is 1.55. The first-order valence-electron chi connectivity index (χ1n) is 9.24. The minimum absolute atomic E-state index is 0.242. The molecule has 0 fully saturated rings. The molecule has 0 aliphatic carbocycles. The number of nitrogens with zero attached hydrogens (tertiary/aromatic N) is 2. The highest BCUT2D eigenvalue weighted by Crippen LogP contribution is 2.22. The van der Waals surface area contributed by atoms with E-state index in [9.17, 15) is 14.4 Å². The number of hydrogen-bond acceptors (Lipinski definition) is 7. The van der Waals surface area contributed by atoms with Crippen LogP contribution in [-0.4, -0.2) is 35.5 Å². The summed E-state index contributed by atoms with van der Waals surface area (Å²) < 4.78 is 11.2. The van der Waals surface area contributed by atoms with Crippen molar-refractivity contribution in [2.45, 2.75) is 0 Å². The van der Waals surface area contributed by atoms with Crippen LogP contribution in [0.4, 0.5) is 0 Å². The van der Waals surface area contributed by atoms with Gasteiger partial charge in [0.15, 0.2) is 0 Å². The molecule has 2 N–H and O–H groups in total. The normalized spacial score (nSPS) is 10.9. The molecule has 10 heteroatoms. The molecule has 3 aromatic rings. The highest BCUT2D eigenvalue weighted by Gasteiger charge is 2.09. The van der Waals surface area contributed by atoms with Gasteiger partial charge in [-0.25, -0.2) is 10.2 Å². The van der Waals surface area contributed by atoms with Crippen molar-refractivity contribution in [1.82, 2.24) is 15.7 Å². The molecule has 32 heavy (non-hydrogen) atoms. The minimum Gasteiger partial charge on any atom is -0.465 e. The molecule has 0 aliphatic heterocycles. The first kappa shape index (κ1) is 22.6. The molecule has 0 saturated carbocycles. The summed E-state index contributed by atoms with van der Waals surface area (Å²) in [7, 11) is 0. The van der Waals surface area contributed by atoms with Gasteiger partial charge in [-0.3, -0.25) is 14.6 Å². The summed E-state index contributed by atoms with van der Waals surface area (Å²) in [5.41, 5.74) is 3.13. The number of rotatable bonds is 8. The van der Waals surface area contributed by atoms with E-state index in [1.807, 2.05) is 0 Å². The summed E-state index contributed by atoms with van der Waals surface area (Å²) in [5, 5.41) is 6.33. The first-order chi connectivity index (χ1) is 15.5. The lowest BCUT2D eigenvalue weighted by molar-refractivity contribution is -0.129. The van der Waals surface area contributed by atoms with Gasteiger partial charge in [-0.15, -0.1) is 0 Å². The largest absolute Gasteiger partial charge is 0.465 e. The second-order valence-corrected chi connectivity index (χ2v) is 7.08. The quantitative estimate of drug-likeness (QED) is 0.162. The molecular weight excluding hydrogens is 480 g/mol. The van der Waals surface area contributed by atoms with Crippen LogP contribution < -0.4 is 15.5 Å². The maximum atomic E-state index is 12.1. The molecule has 0 spiro atoms. The van der Waals surface area contributed by atoms with Gasteiger partial charge in [-0.1, -0.05) is 15.9 Å². The molecule has 0 radical (unpaired) electrons. The first-order valence-corrected chi connectivity index (χ1v) is 10.0. The molecule has 162 valence electrons. The molecule has 9 nitrogen and oxygen atoms in total. The number of nitrogens with one attached hydrogen (secondary N) is 2. The summed E-state index contributed by atoms with van der Waals surface area (Å²) in [5.74, 6) is -0.792. The van der Waals surface area contributed by atoms with Gasteiger partial charge in [-0.2, -0.15) is 5.10 Å². The van der Waals surface area contributed by atoms with E-state index < -0.39 is 17.8 Å². The summed E-state index contributed by atoms with van der Waals surface area (Å²) in [4.78, 5) is 39.8. The maximum Gasteiger partial charge on any atom is 0.336 e. The lowest BCUT2D eigenvalue weighted by Gasteiger charge is -2.06. The van der Waals surface area contributed by atoms with Crippen LogP contribution in [0, 0.1) is 0 Å². The van der Waals surface area contributed by atoms with Crippen LogP contribution in [0.15, 0.2) is 81.2 Å². The zero-order valence-corrected chi connectivity index (χ0v) is 18.1. The van der Waals surface area contributed by atoms with E-state index in [0.29, 0.717) is 16.9 Å². The van der Waals surface area contributed by atoms with E-state index in [-0.39, 0.29) is 12.3 Å². The number of furan rings is 1. The molecule has 0 aliphatic rings. The van der Waals surface area contributed by atoms with Crippen LogP contribution in [0.25, 0.3) is 6.08 Å². The van der Waals surface area contributed by atoms with Gasteiger partial charge >= 0.3 is 5.97 Å². The second-order valence-electron chi connectivity index (χ2n) is 6.16. The van der Waals surface area contributed by atoms with E-state index in [1.165, 1.54) is 49.2 Å². The fraction of sp³-hybridized carbons (Fsp3) is 0.0455. The standard InChI is InChI=1S/C22H17BrN4O5/c23-17-3-5-19(32-21(29)6-4-18-2-1-11-31-18)16(12-17)13-26-27-20(28)14-25-22(30)15-7-9-24-10-8-15/h1-13H,14H2,(H,25,30)(H,27,28)/b6-4+,26-13+. The number of carbonyl (C=O) groups excluding carboxylic acids is 3. The van der Waals surface area contributed by atoms with Gasteiger partial charge in [0.25, 0.3) is 11.8 Å². The molecule has 0 unspecified atom stereocenters. The molecule has 2 heterocycles. The predicted octanol–water partition coefficient (Wildman–Crippen LogP) is 2.94. The van der Waals surface area contributed by atoms with Crippen molar-refractivity contribution in [2.24, 2.45) is 5.10 Å². The Morgan fingerprint density at radius 3 is 2.72 bits per heavy atom. The van der Waals surface area contributed by atoms with Gasteiger partial charge in [0, 0.05) is 34.1 Å². The zero-order chi connectivity index (χ0) is 22.8. The summed E-state index contributed by atoms with van der Waals surface area (Å²) in [6, 6.07) is 11.4. The number of pyridine rings is 1. The fourth-order valence-corrected chi connectivity index (χ4v) is 2.75. The van der Waals surface area contributed by atoms with Gasteiger partial charge in [0.05, 0.1) is 19.0 Å². The molecule has 0 atom stereocenters. The number of amides is 2. The zero-order valence-electron chi connectivity index (χ0n) is 16.5. The summed E-state index contributed by atoms with van der Waals surface area (Å²) in [6.45, 7) is -0.267. The van der Waals surface area contributed by atoms with Crippen molar-refractivity contribution in [1.29, 1.82) is 0 Å². The lowest BCUT2D eigenvalue weighted by atomic mass is 10.2. The summed E-state index contributed by atoms with van der Waals surface area (Å²) in [6.07, 6.45) is 8.49. The lowest BCUT2D eigenvalue weighted by Crippen LogP contribution is -2.34. The van der Waals surface area contributed by atoms with Crippen molar-refractivity contribution < 1.29 is 23.5 Å². The monoisotopic (exact) mass is 496 g/mol. The topological polar surface area (TPSA) is 123 Å². The van der Waals surface area contributed by atoms with Crippen molar-refractivity contribution in [2.75, 3.05) is 6.54 Å². The van der Waals surface area contributed by atoms with Crippen LogP contribution in [0.1, 0.15) is 21.7 Å². The Morgan fingerprint density at radius 2 is 1.97 bits per heavy atom. The third kappa shape index (κ3) is 7.03. The van der Waals surface area contributed by atoms with Crippen LogP contribution in [-0.2, 0) is 9.59 Å². The number of hydrazone groups is 1. The van der Waals surface area contributed by atoms with E-state index in [2.05, 4.69) is 36.8 Å². The molecule has 0 bridgehead atoms. The fourth-order valence-electron chi connectivity index (χ4n) is 2.37. The number of halogens is 1. The Labute approximate surface area is 191 Å². The predicted molar refractivity (Wildman–Crippen MR) is 120 cm³/mol. The van der Waals surface area contributed by atoms with Crippen LogP contribution in [0.3, 0.4) is 0 Å². The van der Waals surface area contributed by atoms with Crippen LogP contribution in [0.5, 0.6) is 5.75 Å². The van der Waals surface area contributed by atoms with Crippen molar-refractivity contribution in [3.63, 3.8) is 0 Å². The molecule has 3 rings (SSSR count). The average molecular weight is 497 g/mol. The number of ether oxygens (including phenoxy) is 1. The SMILES string of the molecule is O=C(CNC(=O)c1ccncc1)N/N=C/c1cc(Br)ccc1OC(=O)/C=C/c1ccco1. The molecule has 1 aromatic carbocycles. The second kappa shape index (κ2) is 11.4. The number of hydrogen-bond donors (Lipinski definition) is 2.